The summed E-state index contributed by atoms with van der Waals surface area (Å²) in [6.45, 7) is 5.73. The van der Waals surface area contributed by atoms with Crippen LogP contribution in [0, 0.1) is 13.8 Å². The third-order valence-corrected chi connectivity index (χ3v) is 3.71. The zero-order valence-corrected chi connectivity index (χ0v) is 15.2. The highest BCUT2D eigenvalue weighted by Gasteiger charge is 2.10. The Balaban J connectivity index is 1.74. The second-order valence-corrected chi connectivity index (χ2v) is 5.65. The lowest BCUT2D eigenvalue weighted by atomic mass is 10.1. The van der Waals surface area contributed by atoms with Crippen LogP contribution in [-0.4, -0.2) is 31.7 Å². The van der Waals surface area contributed by atoms with Gasteiger partial charge >= 0.3 is 5.97 Å². The summed E-state index contributed by atoms with van der Waals surface area (Å²) in [7, 11) is 0. The zero-order chi connectivity index (χ0) is 18.9. The van der Waals surface area contributed by atoms with Gasteiger partial charge in [-0.1, -0.05) is 12.1 Å². The molecule has 0 bridgehead atoms. The van der Waals surface area contributed by atoms with E-state index in [0.717, 1.165) is 16.9 Å². The molecule has 2 aromatic rings. The van der Waals surface area contributed by atoms with E-state index in [1.165, 1.54) is 0 Å². The third kappa shape index (κ3) is 5.81. The summed E-state index contributed by atoms with van der Waals surface area (Å²) in [5.74, 6) is 0.323. The van der Waals surface area contributed by atoms with Crippen molar-refractivity contribution in [3.63, 3.8) is 0 Å². The second kappa shape index (κ2) is 9.46. The first-order chi connectivity index (χ1) is 12.5. The number of rotatable bonds is 8. The molecular weight excluding hydrogens is 334 g/mol. The van der Waals surface area contributed by atoms with Gasteiger partial charge in [-0.25, -0.2) is 4.79 Å². The fourth-order valence-corrected chi connectivity index (χ4v) is 2.20. The number of anilines is 1. The quantitative estimate of drug-likeness (QED) is 0.734. The molecule has 2 aromatic carbocycles. The standard InChI is InChI=1S/C20H23NO5/c1-4-24-17-10-8-16(9-11-17)21-19(22)12-26-20(23)13-25-18-7-5-6-14(2)15(18)3/h5-11H,4,12-13H2,1-3H3,(H,21,22). The molecule has 0 fully saturated rings. The lowest BCUT2D eigenvalue weighted by molar-refractivity contribution is -0.149. The average Bonchev–Trinajstić information content (AvgIpc) is 2.63. The molecule has 0 aromatic heterocycles. The van der Waals surface area contributed by atoms with Crippen molar-refractivity contribution in [3.8, 4) is 11.5 Å². The molecule has 0 atom stereocenters. The van der Waals surface area contributed by atoms with Crippen molar-refractivity contribution in [2.45, 2.75) is 20.8 Å². The molecule has 0 spiro atoms. The Labute approximate surface area is 153 Å². The van der Waals surface area contributed by atoms with E-state index in [1.807, 2.05) is 32.9 Å². The third-order valence-electron chi connectivity index (χ3n) is 3.71. The first-order valence-corrected chi connectivity index (χ1v) is 8.37. The minimum absolute atomic E-state index is 0.249. The van der Waals surface area contributed by atoms with E-state index in [9.17, 15) is 9.59 Å². The van der Waals surface area contributed by atoms with Crippen LogP contribution in [0.5, 0.6) is 11.5 Å². The fourth-order valence-electron chi connectivity index (χ4n) is 2.20. The molecule has 0 unspecified atom stereocenters. The van der Waals surface area contributed by atoms with Crippen molar-refractivity contribution >= 4 is 17.6 Å². The summed E-state index contributed by atoms with van der Waals surface area (Å²) < 4.78 is 15.7. The maximum Gasteiger partial charge on any atom is 0.344 e. The van der Waals surface area contributed by atoms with E-state index >= 15 is 0 Å². The van der Waals surface area contributed by atoms with Crippen molar-refractivity contribution in [3.05, 3.63) is 53.6 Å². The maximum atomic E-state index is 11.8. The molecule has 0 aliphatic heterocycles. The number of ether oxygens (including phenoxy) is 3. The summed E-state index contributed by atoms with van der Waals surface area (Å²) in [5, 5.41) is 2.64. The van der Waals surface area contributed by atoms with Gasteiger partial charge in [0.1, 0.15) is 11.5 Å². The number of amides is 1. The van der Waals surface area contributed by atoms with Crippen LogP contribution in [0.2, 0.25) is 0 Å². The van der Waals surface area contributed by atoms with E-state index in [4.69, 9.17) is 14.2 Å². The van der Waals surface area contributed by atoms with E-state index in [1.54, 1.807) is 30.3 Å². The first kappa shape index (κ1) is 19.3. The number of benzene rings is 2. The SMILES string of the molecule is CCOc1ccc(NC(=O)COC(=O)COc2cccc(C)c2C)cc1. The zero-order valence-electron chi connectivity index (χ0n) is 15.2. The van der Waals surface area contributed by atoms with Gasteiger partial charge in [0.2, 0.25) is 0 Å². The molecule has 26 heavy (non-hydrogen) atoms. The van der Waals surface area contributed by atoms with Crippen molar-refractivity contribution in [2.24, 2.45) is 0 Å². The Morgan fingerprint density at radius 3 is 2.38 bits per heavy atom. The van der Waals surface area contributed by atoms with Crippen molar-refractivity contribution in [1.82, 2.24) is 0 Å². The highest BCUT2D eigenvalue weighted by Crippen LogP contribution is 2.20. The number of carbonyl (C=O) groups excluding carboxylic acids is 2. The van der Waals surface area contributed by atoms with E-state index in [-0.39, 0.29) is 13.2 Å². The summed E-state index contributed by atoms with van der Waals surface area (Å²) in [6.07, 6.45) is 0. The molecule has 2 rings (SSSR count). The van der Waals surface area contributed by atoms with Crippen LogP contribution in [0.25, 0.3) is 0 Å². The molecule has 1 N–H and O–H groups in total. The Bertz CT molecular complexity index is 755. The van der Waals surface area contributed by atoms with Crippen LogP contribution in [0.1, 0.15) is 18.1 Å². The average molecular weight is 357 g/mol. The number of hydrogen-bond donors (Lipinski definition) is 1. The highest BCUT2D eigenvalue weighted by molar-refractivity contribution is 5.92. The van der Waals surface area contributed by atoms with Crippen molar-refractivity contribution in [2.75, 3.05) is 25.1 Å². The molecule has 1 amide bonds. The Hall–Kier alpha value is -3.02. The lowest BCUT2D eigenvalue weighted by Gasteiger charge is -2.11. The molecule has 0 saturated heterocycles. The molecule has 0 aliphatic carbocycles. The molecule has 138 valence electrons. The fraction of sp³-hybridized carbons (Fsp3) is 0.300. The lowest BCUT2D eigenvalue weighted by Crippen LogP contribution is -2.23. The normalized spacial score (nSPS) is 10.1. The van der Waals surface area contributed by atoms with Gasteiger partial charge in [0.05, 0.1) is 6.61 Å². The summed E-state index contributed by atoms with van der Waals surface area (Å²) >= 11 is 0. The molecule has 0 saturated carbocycles. The Morgan fingerprint density at radius 1 is 0.962 bits per heavy atom. The number of hydrogen-bond acceptors (Lipinski definition) is 5. The smallest absolute Gasteiger partial charge is 0.344 e. The summed E-state index contributed by atoms with van der Waals surface area (Å²) in [6, 6.07) is 12.5. The van der Waals surface area contributed by atoms with Gasteiger partial charge in [0, 0.05) is 5.69 Å². The van der Waals surface area contributed by atoms with Crippen LogP contribution < -0.4 is 14.8 Å². The Kier molecular flexibility index (Phi) is 7.02. The predicted molar refractivity (Wildman–Crippen MR) is 98.6 cm³/mol. The minimum Gasteiger partial charge on any atom is -0.494 e. The molecule has 6 nitrogen and oxygen atoms in total. The molecular formula is C20H23NO5. The molecule has 0 aliphatic rings. The van der Waals surface area contributed by atoms with Crippen LogP contribution in [-0.2, 0) is 14.3 Å². The van der Waals surface area contributed by atoms with Gasteiger partial charge in [-0.2, -0.15) is 0 Å². The van der Waals surface area contributed by atoms with Crippen LogP contribution in [0.15, 0.2) is 42.5 Å². The molecule has 6 heteroatoms. The predicted octanol–water partition coefficient (Wildman–Crippen LogP) is 3.26. The number of esters is 1. The topological polar surface area (TPSA) is 73.9 Å². The van der Waals surface area contributed by atoms with E-state index in [2.05, 4.69) is 5.32 Å². The van der Waals surface area contributed by atoms with Gasteiger partial charge in [0.15, 0.2) is 13.2 Å². The second-order valence-electron chi connectivity index (χ2n) is 5.65. The minimum atomic E-state index is -0.604. The largest absolute Gasteiger partial charge is 0.494 e. The first-order valence-electron chi connectivity index (χ1n) is 8.37. The molecule has 0 heterocycles. The van der Waals surface area contributed by atoms with Gasteiger partial charge < -0.3 is 19.5 Å². The highest BCUT2D eigenvalue weighted by atomic mass is 16.6. The van der Waals surface area contributed by atoms with Crippen LogP contribution >= 0.6 is 0 Å². The van der Waals surface area contributed by atoms with E-state index in [0.29, 0.717) is 18.0 Å². The summed E-state index contributed by atoms with van der Waals surface area (Å²) in [5.41, 5.74) is 2.64. The van der Waals surface area contributed by atoms with Gasteiger partial charge in [-0.05, 0) is 62.2 Å². The number of nitrogens with one attached hydrogen (secondary N) is 1. The monoisotopic (exact) mass is 357 g/mol. The maximum absolute atomic E-state index is 11.8. The van der Waals surface area contributed by atoms with Crippen molar-refractivity contribution in [1.29, 1.82) is 0 Å². The van der Waals surface area contributed by atoms with Gasteiger partial charge in [-0.3, -0.25) is 4.79 Å². The Morgan fingerprint density at radius 2 is 1.69 bits per heavy atom. The van der Waals surface area contributed by atoms with Gasteiger partial charge in [0.25, 0.3) is 5.91 Å². The number of aryl methyl sites for hydroxylation is 1. The molecule has 0 radical (unpaired) electrons. The van der Waals surface area contributed by atoms with Crippen LogP contribution in [0.4, 0.5) is 5.69 Å². The van der Waals surface area contributed by atoms with E-state index < -0.39 is 11.9 Å². The van der Waals surface area contributed by atoms with Crippen LogP contribution in [0.3, 0.4) is 0 Å². The van der Waals surface area contributed by atoms with Crippen molar-refractivity contribution < 1.29 is 23.8 Å². The van der Waals surface area contributed by atoms with Gasteiger partial charge in [-0.15, -0.1) is 0 Å². The summed E-state index contributed by atoms with van der Waals surface area (Å²) in [4.78, 5) is 23.6. The number of carbonyl (C=O) groups is 2.